The summed E-state index contributed by atoms with van der Waals surface area (Å²) in [4.78, 5) is 4.01. The van der Waals surface area contributed by atoms with E-state index in [4.69, 9.17) is 0 Å². The van der Waals surface area contributed by atoms with E-state index in [9.17, 15) is 8.42 Å². The van der Waals surface area contributed by atoms with E-state index in [-0.39, 0.29) is 5.03 Å². The Morgan fingerprint density at radius 1 is 1.28 bits per heavy atom. The van der Waals surface area contributed by atoms with Gasteiger partial charge >= 0.3 is 0 Å². The van der Waals surface area contributed by atoms with Gasteiger partial charge in [0.15, 0.2) is 5.03 Å². The second-order valence-electron chi connectivity index (χ2n) is 4.01. The summed E-state index contributed by atoms with van der Waals surface area (Å²) in [7, 11) is -1.81. The molecule has 0 unspecified atom stereocenters. The monoisotopic (exact) mass is 271 g/mol. The van der Waals surface area contributed by atoms with Gasteiger partial charge in [-0.15, -0.1) is 0 Å². The summed E-state index contributed by atoms with van der Waals surface area (Å²) in [5, 5.41) is 2.98. The van der Waals surface area contributed by atoms with Crippen molar-refractivity contribution >= 4 is 15.7 Å². The van der Waals surface area contributed by atoms with Gasteiger partial charge in [0.1, 0.15) is 0 Å². The summed E-state index contributed by atoms with van der Waals surface area (Å²) >= 11 is 0. The molecule has 5 nitrogen and oxygen atoms in total. The maximum absolute atomic E-state index is 12.5. The molecule has 1 aromatic rings. The van der Waals surface area contributed by atoms with E-state index in [1.807, 2.05) is 13.8 Å². The lowest BCUT2D eigenvalue weighted by Gasteiger charge is -2.21. The molecule has 1 N–H and O–H groups in total. The maximum Gasteiger partial charge on any atom is 0.262 e. The SMILES string of the molecule is CCCN(CCC)S(=O)(=O)c1ncccc1NC. The Kier molecular flexibility index (Phi) is 5.55. The number of nitrogens with one attached hydrogen (secondary N) is 1. The third kappa shape index (κ3) is 3.20. The van der Waals surface area contributed by atoms with E-state index < -0.39 is 10.0 Å². The third-order valence-corrected chi connectivity index (χ3v) is 4.43. The van der Waals surface area contributed by atoms with Crippen molar-refractivity contribution in [1.29, 1.82) is 0 Å². The highest BCUT2D eigenvalue weighted by atomic mass is 32.2. The fourth-order valence-electron chi connectivity index (χ4n) is 1.76. The number of nitrogens with zero attached hydrogens (tertiary/aromatic N) is 2. The fourth-order valence-corrected chi connectivity index (χ4v) is 3.49. The molecule has 0 aliphatic carbocycles. The molecule has 0 spiro atoms. The summed E-state index contributed by atoms with van der Waals surface area (Å²) in [6.07, 6.45) is 3.09. The van der Waals surface area contributed by atoms with Gasteiger partial charge in [-0.1, -0.05) is 13.8 Å². The molecule has 0 atom stereocenters. The van der Waals surface area contributed by atoms with Crippen molar-refractivity contribution in [1.82, 2.24) is 9.29 Å². The van der Waals surface area contributed by atoms with Gasteiger partial charge in [-0.25, -0.2) is 13.4 Å². The molecule has 0 amide bonds. The number of rotatable bonds is 7. The van der Waals surface area contributed by atoms with Gasteiger partial charge in [0.2, 0.25) is 0 Å². The molecule has 0 aliphatic rings. The highest BCUT2D eigenvalue weighted by Gasteiger charge is 2.26. The second kappa shape index (κ2) is 6.70. The van der Waals surface area contributed by atoms with Crippen LogP contribution in [0.15, 0.2) is 23.4 Å². The van der Waals surface area contributed by atoms with E-state index in [0.717, 1.165) is 12.8 Å². The van der Waals surface area contributed by atoms with Gasteiger partial charge in [-0.2, -0.15) is 4.31 Å². The van der Waals surface area contributed by atoms with Crippen molar-refractivity contribution in [2.24, 2.45) is 0 Å². The molecule has 0 saturated carbocycles. The van der Waals surface area contributed by atoms with Crippen LogP contribution in [0.4, 0.5) is 5.69 Å². The first kappa shape index (κ1) is 14.9. The van der Waals surface area contributed by atoms with Crippen molar-refractivity contribution in [3.05, 3.63) is 18.3 Å². The zero-order valence-corrected chi connectivity index (χ0v) is 12.0. The average Bonchev–Trinajstić information content (AvgIpc) is 2.38. The van der Waals surface area contributed by atoms with Gasteiger partial charge in [0.25, 0.3) is 10.0 Å². The molecule has 0 bridgehead atoms. The first-order valence-corrected chi connectivity index (χ1v) is 7.64. The van der Waals surface area contributed by atoms with Crippen LogP contribution in [0.3, 0.4) is 0 Å². The van der Waals surface area contributed by atoms with Crippen LogP contribution in [0.25, 0.3) is 0 Å². The quantitative estimate of drug-likeness (QED) is 0.823. The smallest absolute Gasteiger partial charge is 0.262 e. The highest BCUT2D eigenvalue weighted by molar-refractivity contribution is 7.89. The summed E-state index contributed by atoms with van der Waals surface area (Å²) < 4.78 is 26.5. The summed E-state index contributed by atoms with van der Waals surface area (Å²) in [5.74, 6) is 0. The normalized spacial score (nSPS) is 11.8. The maximum atomic E-state index is 12.5. The van der Waals surface area contributed by atoms with Crippen molar-refractivity contribution in [2.75, 3.05) is 25.5 Å². The Labute approximate surface area is 109 Å². The van der Waals surface area contributed by atoms with Crippen LogP contribution in [0.5, 0.6) is 0 Å². The number of hydrogen-bond donors (Lipinski definition) is 1. The standard InChI is InChI=1S/C12H21N3O2S/c1-4-9-15(10-5-2)18(16,17)12-11(13-3)7-6-8-14-12/h6-8,13H,4-5,9-10H2,1-3H3. The molecule has 0 radical (unpaired) electrons. The number of hydrogen-bond acceptors (Lipinski definition) is 4. The van der Waals surface area contributed by atoms with Crippen LogP contribution in [-0.4, -0.2) is 37.8 Å². The summed E-state index contributed by atoms with van der Waals surface area (Å²) in [6.45, 7) is 4.98. The lowest BCUT2D eigenvalue weighted by atomic mass is 10.4. The molecule has 1 rings (SSSR count). The number of aromatic nitrogens is 1. The van der Waals surface area contributed by atoms with Crippen LogP contribution in [0.2, 0.25) is 0 Å². The predicted octanol–water partition coefficient (Wildman–Crippen LogP) is 1.93. The Morgan fingerprint density at radius 2 is 1.89 bits per heavy atom. The van der Waals surface area contributed by atoms with E-state index in [0.29, 0.717) is 18.8 Å². The Bertz CT molecular complexity index is 468. The van der Waals surface area contributed by atoms with Gasteiger partial charge < -0.3 is 5.32 Å². The van der Waals surface area contributed by atoms with Crippen LogP contribution in [-0.2, 0) is 10.0 Å². The van der Waals surface area contributed by atoms with E-state index in [2.05, 4.69) is 10.3 Å². The van der Waals surface area contributed by atoms with Crippen molar-refractivity contribution in [3.63, 3.8) is 0 Å². The van der Waals surface area contributed by atoms with Gasteiger partial charge in [-0.3, -0.25) is 0 Å². The second-order valence-corrected chi connectivity index (χ2v) is 5.86. The first-order chi connectivity index (χ1) is 8.57. The van der Waals surface area contributed by atoms with Crippen molar-refractivity contribution < 1.29 is 8.42 Å². The van der Waals surface area contributed by atoms with Gasteiger partial charge in [-0.05, 0) is 25.0 Å². The minimum Gasteiger partial charge on any atom is -0.386 e. The molecule has 0 aliphatic heterocycles. The average molecular weight is 271 g/mol. The minimum absolute atomic E-state index is 0.106. The first-order valence-electron chi connectivity index (χ1n) is 6.20. The Hall–Kier alpha value is -1.14. The molecule has 6 heteroatoms. The van der Waals surface area contributed by atoms with Crippen molar-refractivity contribution in [3.8, 4) is 0 Å². The Balaban J connectivity index is 3.17. The number of pyridine rings is 1. The van der Waals surface area contributed by atoms with Crippen LogP contribution in [0, 0.1) is 0 Å². The fraction of sp³-hybridized carbons (Fsp3) is 0.583. The molecule has 18 heavy (non-hydrogen) atoms. The van der Waals surface area contributed by atoms with Gasteiger partial charge in [0, 0.05) is 26.3 Å². The number of sulfonamides is 1. The largest absolute Gasteiger partial charge is 0.386 e. The summed E-state index contributed by atoms with van der Waals surface area (Å²) in [6, 6.07) is 3.44. The molecule has 0 saturated heterocycles. The van der Waals surface area contributed by atoms with E-state index in [1.54, 1.807) is 19.2 Å². The Morgan fingerprint density at radius 3 is 2.39 bits per heavy atom. The zero-order valence-electron chi connectivity index (χ0n) is 11.2. The van der Waals surface area contributed by atoms with Crippen LogP contribution < -0.4 is 5.32 Å². The van der Waals surface area contributed by atoms with Crippen molar-refractivity contribution in [2.45, 2.75) is 31.7 Å². The van der Waals surface area contributed by atoms with Crippen LogP contribution >= 0.6 is 0 Å². The topological polar surface area (TPSA) is 62.3 Å². The molecule has 1 heterocycles. The molecule has 1 aromatic heterocycles. The highest BCUT2D eigenvalue weighted by Crippen LogP contribution is 2.21. The predicted molar refractivity (Wildman–Crippen MR) is 73.1 cm³/mol. The third-order valence-electron chi connectivity index (χ3n) is 2.57. The summed E-state index contributed by atoms with van der Waals surface area (Å²) in [5.41, 5.74) is 0.537. The molecular formula is C12H21N3O2S. The molecular weight excluding hydrogens is 250 g/mol. The molecule has 102 valence electrons. The zero-order chi connectivity index (χ0) is 13.6. The lowest BCUT2D eigenvalue weighted by molar-refractivity contribution is 0.408. The van der Waals surface area contributed by atoms with E-state index in [1.165, 1.54) is 10.5 Å². The van der Waals surface area contributed by atoms with Gasteiger partial charge in [0.05, 0.1) is 5.69 Å². The van der Waals surface area contributed by atoms with E-state index >= 15 is 0 Å². The van der Waals surface area contributed by atoms with Crippen LogP contribution in [0.1, 0.15) is 26.7 Å². The number of anilines is 1. The molecule has 0 aromatic carbocycles. The lowest BCUT2D eigenvalue weighted by Crippen LogP contribution is -2.33. The minimum atomic E-state index is -3.51. The molecule has 0 fully saturated rings.